The monoisotopic (exact) mass is 414 g/mol. The number of benzene rings is 1. The van der Waals surface area contributed by atoms with Gasteiger partial charge in [-0.3, -0.25) is 9.59 Å². The van der Waals surface area contributed by atoms with Gasteiger partial charge in [0.15, 0.2) is 11.2 Å². The number of hydrogen-bond donors (Lipinski definition) is 1. The van der Waals surface area contributed by atoms with Gasteiger partial charge >= 0.3 is 0 Å². The van der Waals surface area contributed by atoms with Crippen LogP contribution in [-0.4, -0.2) is 10.9 Å². The van der Waals surface area contributed by atoms with Crippen molar-refractivity contribution in [2.24, 2.45) is 0 Å². The van der Waals surface area contributed by atoms with Gasteiger partial charge in [-0.15, -0.1) is 0 Å². The minimum atomic E-state index is -0.290. The number of aryl methyl sites for hydroxylation is 1. The van der Waals surface area contributed by atoms with E-state index in [1.807, 2.05) is 0 Å². The van der Waals surface area contributed by atoms with Gasteiger partial charge in [0.25, 0.3) is 0 Å². The Labute approximate surface area is 180 Å². The van der Waals surface area contributed by atoms with Crippen molar-refractivity contribution >= 4 is 16.8 Å². The molecule has 2 rings (SSSR count). The van der Waals surface area contributed by atoms with E-state index in [0.29, 0.717) is 17.7 Å². The minimum Gasteiger partial charge on any atom is -0.507 e. The van der Waals surface area contributed by atoms with Crippen LogP contribution in [0, 0.1) is 6.92 Å². The van der Waals surface area contributed by atoms with E-state index in [1.165, 1.54) is 82.8 Å². The highest BCUT2D eigenvalue weighted by atomic mass is 16.3. The van der Waals surface area contributed by atoms with Gasteiger partial charge in [-0.25, -0.2) is 0 Å². The number of phenolic OH excluding ortho intramolecular Hbond substituents is 1. The van der Waals surface area contributed by atoms with Crippen molar-refractivity contribution in [2.75, 3.05) is 0 Å². The number of carbonyl (C=O) groups excluding carboxylic acids is 1. The van der Waals surface area contributed by atoms with E-state index in [9.17, 15) is 14.7 Å². The lowest BCUT2D eigenvalue weighted by Crippen LogP contribution is -2.04. The van der Waals surface area contributed by atoms with Crippen LogP contribution in [0.15, 0.2) is 27.4 Å². The third-order valence-electron chi connectivity index (χ3n) is 5.76. The van der Waals surface area contributed by atoms with Crippen molar-refractivity contribution in [2.45, 2.75) is 104 Å². The van der Waals surface area contributed by atoms with Gasteiger partial charge in [0, 0.05) is 18.1 Å². The standard InChI is InChI=1S/C26H38O4/c1-3-4-5-6-7-8-9-10-11-12-13-14-15-16-22(27)21-18-24(29)26-23(28)17-20(2)30-25(26)19-21/h17-19,29H,3-16H2,1-2H3. The quantitative estimate of drug-likeness (QED) is 0.242. The number of hydrogen-bond acceptors (Lipinski definition) is 4. The van der Waals surface area contributed by atoms with E-state index in [1.54, 1.807) is 13.0 Å². The number of rotatable bonds is 15. The summed E-state index contributed by atoms with van der Waals surface area (Å²) in [5.41, 5.74) is 0.392. The molecule has 1 aromatic heterocycles. The van der Waals surface area contributed by atoms with Gasteiger partial charge in [0.1, 0.15) is 22.5 Å². The molecule has 0 saturated carbocycles. The Bertz CT molecular complexity index is 850. The van der Waals surface area contributed by atoms with Crippen molar-refractivity contribution < 1.29 is 14.3 Å². The fourth-order valence-corrected chi connectivity index (χ4v) is 4.00. The molecule has 0 fully saturated rings. The fourth-order valence-electron chi connectivity index (χ4n) is 4.00. The summed E-state index contributed by atoms with van der Waals surface area (Å²) in [6, 6.07) is 4.31. The number of Topliss-reactive ketones (excluding diaryl/α,β-unsaturated/α-hetero) is 1. The molecule has 0 aliphatic carbocycles. The molecule has 0 aliphatic heterocycles. The van der Waals surface area contributed by atoms with E-state index in [-0.39, 0.29) is 27.9 Å². The van der Waals surface area contributed by atoms with E-state index >= 15 is 0 Å². The van der Waals surface area contributed by atoms with Crippen LogP contribution in [0.2, 0.25) is 0 Å². The van der Waals surface area contributed by atoms with E-state index in [2.05, 4.69) is 6.92 Å². The first-order valence-corrected chi connectivity index (χ1v) is 11.8. The van der Waals surface area contributed by atoms with Gasteiger partial charge in [-0.2, -0.15) is 0 Å². The predicted octanol–water partition coefficient (Wildman–Crippen LogP) is 7.47. The second-order valence-corrected chi connectivity index (χ2v) is 8.51. The third-order valence-corrected chi connectivity index (χ3v) is 5.76. The summed E-state index contributed by atoms with van der Waals surface area (Å²) in [6.07, 6.45) is 17.0. The van der Waals surface area contributed by atoms with Crippen LogP contribution in [-0.2, 0) is 0 Å². The van der Waals surface area contributed by atoms with Crippen LogP contribution in [0.3, 0.4) is 0 Å². The summed E-state index contributed by atoms with van der Waals surface area (Å²) < 4.78 is 5.52. The average Bonchev–Trinajstić information content (AvgIpc) is 2.70. The molecule has 1 aromatic carbocycles. The molecule has 0 amide bonds. The first-order valence-electron chi connectivity index (χ1n) is 11.8. The maximum Gasteiger partial charge on any atom is 0.196 e. The first-order chi connectivity index (χ1) is 14.5. The van der Waals surface area contributed by atoms with Gasteiger partial charge in [0.05, 0.1) is 0 Å². The Morgan fingerprint density at radius 2 is 1.37 bits per heavy atom. The summed E-state index contributed by atoms with van der Waals surface area (Å²) in [5.74, 6) is 0.266. The Balaban J connectivity index is 1.62. The minimum absolute atomic E-state index is 0.0144. The molecular weight excluding hydrogens is 376 g/mol. The average molecular weight is 415 g/mol. The molecule has 0 atom stereocenters. The molecule has 0 spiro atoms. The van der Waals surface area contributed by atoms with Crippen LogP contribution >= 0.6 is 0 Å². The van der Waals surface area contributed by atoms with E-state index in [4.69, 9.17) is 4.42 Å². The van der Waals surface area contributed by atoms with Crippen LogP contribution in [0.4, 0.5) is 0 Å². The molecule has 4 nitrogen and oxygen atoms in total. The zero-order chi connectivity index (χ0) is 21.8. The van der Waals surface area contributed by atoms with Gasteiger partial charge in [-0.05, 0) is 25.5 Å². The summed E-state index contributed by atoms with van der Waals surface area (Å²) in [7, 11) is 0. The molecule has 4 heteroatoms. The molecule has 0 aliphatic rings. The molecule has 1 heterocycles. The summed E-state index contributed by atoms with van der Waals surface area (Å²) >= 11 is 0. The highest BCUT2D eigenvalue weighted by Gasteiger charge is 2.14. The SMILES string of the molecule is CCCCCCCCCCCCCCCC(=O)c1cc(O)c2c(=O)cc(C)oc2c1. The number of fused-ring (bicyclic) bond motifs is 1. The van der Waals surface area contributed by atoms with Gasteiger partial charge in [-0.1, -0.05) is 84.0 Å². The van der Waals surface area contributed by atoms with Crippen molar-refractivity contribution in [1.82, 2.24) is 0 Å². The van der Waals surface area contributed by atoms with Crippen molar-refractivity contribution in [3.63, 3.8) is 0 Å². The molecular formula is C26H38O4. The van der Waals surface area contributed by atoms with Crippen molar-refractivity contribution in [3.8, 4) is 5.75 Å². The second-order valence-electron chi connectivity index (χ2n) is 8.51. The maximum absolute atomic E-state index is 12.5. The Morgan fingerprint density at radius 3 is 1.93 bits per heavy atom. The molecule has 0 saturated heterocycles. The smallest absolute Gasteiger partial charge is 0.196 e. The highest BCUT2D eigenvalue weighted by molar-refractivity contribution is 6.00. The fraction of sp³-hybridized carbons (Fsp3) is 0.615. The molecule has 1 N–H and O–H groups in total. The molecule has 0 radical (unpaired) electrons. The Hall–Kier alpha value is -2.10. The Morgan fingerprint density at radius 1 is 0.833 bits per heavy atom. The normalized spacial score (nSPS) is 11.3. The van der Waals surface area contributed by atoms with Gasteiger partial charge in [0.2, 0.25) is 0 Å². The third kappa shape index (κ3) is 7.97. The van der Waals surface area contributed by atoms with Crippen LogP contribution < -0.4 is 5.43 Å². The largest absolute Gasteiger partial charge is 0.507 e. The number of unbranched alkanes of at least 4 members (excludes halogenated alkanes) is 12. The number of carbonyl (C=O) groups is 1. The summed E-state index contributed by atoms with van der Waals surface area (Å²) in [6.45, 7) is 3.94. The lowest BCUT2D eigenvalue weighted by Gasteiger charge is -2.06. The zero-order valence-corrected chi connectivity index (χ0v) is 18.8. The summed E-state index contributed by atoms with van der Waals surface area (Å²) in [4.78, 5) is 24.5. The predicted molar refractivity (Wildman–Crippen MR) is 124 cm³/mol. The molecule has 30 heavy (non-hydrogen) atoms. The van der Waals surface area contributed by atoms with Crippen LogP contribution in [0.25, 0.3) is 11.0 Å². The van der Waals surface area contributed by atoms with Crippen molar-refractivity contribution in [1.29, 1.82) is 0 Å². The van der Waals surface area contributed by atoms with Crippen LogP contribution in [0.5, 0.6) is 5.75 Å². The van der Waals surface area contributed by atoms with Gasteiger partial charge < -0.3 is 9.52 Å². The lowest BCUT2D eigenvalue weighted by atomic mass is 10.0. The molecule has 2 aromatic rings. The number of phenols is 1. The zero-order valence-electron chi connectivity index (χ0n) is 18.8. The molecule has 0 unspecified atom stereocenters. The second kappa shape index (κ2) is 13.3. The first kappa shape index (κ1) is 24.2. The topological polar surface area (TPSA) is 67.5 Å². The van der Waals surface area contributed by atoms with E-state index < -0.39 is 0 Å². The number of aromatic hydroxyl groups is 1. The maximum atomic E-state index is 12.5. The lowest BCUT2D eigenvalue weighted by molar-refractivity contribution is 0.0978. The van der Waals surface area contributed by atoms with Crippen molar-refractivity contribution in [3.05, 3.63) is 39.7 Å². The van der Waals surface area contributed by atoms with E-state index in [0.717, 1.165) is 12.8 Å². The molecule has 166 valence electrons. The highest BCUT2D eigenvalue weighted by Crippen LogP contribution is 2.25. The van der Waals surface area contributed by atoms with Crippen LogP contribution in [0.1, 0.15) is 113 Å². The summed E-state index contributed by atoms with van der Waals surface area (Å²) in [5, 5.41) is 10.3. The Kier molecular flexibility index (Phi) is 10.7. The molecule has 0 bridgehead atoms. The number of ketones is 1.